The van der Waals surface area contributed by atoms with Gasteiger partial charge < -0.3 is 10.2 Å². The van der Waals surface area contributed by atoms with Gasteiger partial charge in [0.25, 0.3) is 0 Å². The zero-order chi connectivity index (χ0) is 15.8. The van der Waals surface area contributed by atoms with Crippen molar-refractivity contribution in [1.82, 2.24) is 10.2 Å². The number of thiophene rings is 1. The molecule has 0 aromatic carbocycles. The highest BCUT2D eigenvalue weighted by molar-refractivity contribution is 7.10. The molecule has 5 heteroatoms. The van der Waals surface area contributed by atoms with Crippen molar-refractivity contribution in [2.75, 3.05) is 6.54 Å². The van der Waals surface area contributed by atoms with E-state index in [-0.39, 0.29) is 35.7 Å². The van der Waals surface area contributed by atoms with Gasteiger partial charge in [0.1, 0.15) is 12.6 Å². The van der Waals surface area contributed by atoms with Crippen LogP contribution in [-0.4, -0.2) is 29.3 Å². The van der Waals surface area contributed by atoms with Gasteiger partial charge in [0.05, 0.1) is 6.04 Å². The molecule has 1 aliphatic rings. The van der Waals surface area contributed by atoms with E-state index in [0.717, 1.165) is 4.88 Å². The van der Waals surface area contributed by atoms with Crippen LogP contribution in [0.2, 0.25) is 0 Å². The molecular formula is C16H24N2O2S. The van der Waals surface area contributed by atoms with E-state index in [1.807, 2.05) is 38.3 Å². The number of piperazine rings is 1. The van der Waals surface area contributed by atoms with E-state index in [2.05, 4.69) is 19.2 Å². The molecule has 0 bridgehead atoms. The smallest absolute Gasteiger partial charge is 0.246 e. The molecule has 2 unspecified atom stereocenters. The summed E-state index contributed by atoms with van der Waals surface area (Å²) in [6.45, 7) is 10.3. The molecule has 116 valence electrons. The minimum absolute atomic E-state index is 0.0224. The zero-order valence-electron chi connectivity index (χ0n) is 13.3. The van der Waals surface area contributed by atoms with Gasteiger partial charge in [0, 0.05) is 4.88 Å². The molecule has 21 heavy (non-hydrogen) atoms. The average molecular weight is 308 g/mol. The largest absolute Gasteiger partial charge is 0.342 e. The molecule has 4 nitrogen and oxygen atoms in total. The first-order chi connectivity index (χ1) is 9.71. The molecular weight excluding hydrogens is 284 g/mol. The Hall–Kier alpha value is -1.36. The predicted octanol–water partition coefficient (Wildman–Crippen LogP) is 2.82. The number of amides is 2. The first-order valence-electron chi connectivity index (χ1n) is 7.35. The molecule has 1 saturated heterocycles. The molecule has 0 radical (unpaired) electrons. The Morgan fingerprint density at radius 2 is 2.00 bits per heavy atom. The van der Waals surface area contributed by atoms with E-state index in [1.165, 1.54) is 0 Å². The van der Waals surface area contributed by atoms with Crippen LogP contribution >= 0.6 is 11.3 Å². The fraction of sp³-hybridized carbons (Fsp3) is 0.625. The quantitative estimate of drug-likeness (QED) is 0.933. The summed E-state index contributed by atoms with van der Waals surface area (Å²) < 4.78 is 0. The topological polar surface area (TPSA) is 49.4 Å². The Bertz CT molecular complexity index is 517. The van der Waals surface area contributed by atoms with Gasteiger partial charge in [-0.1, -0.05) is 40.7 Å². The Morgan fingerprint density at radius 1 is 1.33 bits per heavy atom. The Kier molecular flexibility index (Phi) is 4.42. The van der Waals surface area contributed by atoms with Crippen LogP contribution in [0.5, 0.6) is 0 Å². The number of hydrogen-bond donors (Lipinski definition) is 1. The summed E-state index contributed by atoms with van der Waals surface area (Å²) >= 11 is 1.64. The van der Waals surface area contributed by atoms with Crippen LogP contribution < -0.4 is 5.32 Å². The molecule has 2 atom stereocenters. The number of rotatable bonds is 3. The third kappa shape index (κ3) is 3.28. The second-order valence-corrected chi connectivity index (χ2v) is 8.02. The molecule has 2 rings (SSSR count). The van der Waals surface area contributed by atoms with Crippen LogP contribution in [0.15, 0.2) is 17.5 Å². The highest BCUT2D eigenvalue weighted by Crippen LogP contribution is 2.35. The third-order valence-electron chi connectivity index (χ3n) is 3.82. The molecule has 1 N–H and O–H groups in total. The number of carbonyl (C=O) groups excluding carboxylic acids is 2. The highest BCUT2D eigenvalue weighted by Gasteiger charge is 2.43. The first-order valence-corrected chi connectivity index (χ1v) is 8.23. The van der Waals surface area contributed by atoms with Gasteiger partial charge in [-0.25, -0.2) is 0 Å². The fourth-order valence-electron chi connectivity index (χ4n) is 2.79. The van der Waals surface area contributed by atoms with Crippen LogP contribution in [0.4, 0.5) is 0 Å². The molecule has 2 heterocycles. The van der Waals surface area contributed by atoms with Gasteiger partial charge in [-0.3, -0.25) is 9.59 Å². The number of hydrogen-bond acceptors (Lipinski definition) is 3. The monoisotopic (exact) mass is 308 g/mol. The molecule has 0 aliphatic carbocycles. The SMILES string of the molecule is CC(C)C(c1cccs1)N1CC(=O)NC(C(C)(C)C)C1=O. The van der Waals surface area contributed by atoms with E-state index in [1.54, 1.807) is 16.2 Å². The molecule has 0 saturated carbocycles. The lowest BCUT2D eigenvalue weighted by Crippen LogP contribution is -2.63. The summed E-state index contributed by atoms with van der Waals surface area (Å²) in [7, 11) is 0. The molecule has 1 aromatic heterocycles. The zero-order valence-corrected chi connectivity index (χ0v) is 14.2. The van der Waals surface area contributed by atoms with Gasteiger partial charge in [-0.2, -0.15) is 0 Å². The molecule has 1 aromatic rings. The first kappa shape index (κ1) is 16.0. The molecule has 2 amide bonds. The van der Waals surface area contributed by atoms with Crippen molar-refractivity contribution in [3.63, 3.8) is 0 Å². The summed E-state index contributed by atoms with van der Waals surface area (Å²) in [4.78, 5) is 27.8. The van der Waals surface area contributed by atoms with Gasteiger partial charge in [0.15, 0.2) is 0 Å². The Morgan fingerprint density at radius 3 is 2.48 bits per heavy atom. The minimum atomic E-state index is -0.458. The second kappa shape index (κ2) is 5.79. The highest BCUT2D eigenvalue weighted by atomic mass is 32.1. The van der Waals surface area contributed by atoms with Crippen molar-refractivity contribution in [3.05, 3.63) is 22.4 Å². The average Bonchev–Trinajstić information content (AvgIpc) is 2.85. The lowest BCUT2D eigenvalue weighted by Gasteiger charge is -2.43. The third-order valence-corrected chi connectivity index (χ3v) is 4.76. The van der Waals surface area contributed by atoms with Gasteiger partial charge in [-0.15, -0.1) is 11.3 Å². The van der Waals surface area contributed by atoms with Crippen LogP contribution in [0.3, 0.4) is 0 Å². The normalized spacial score (nSPS) is 21.6. The molecule has 1 aliphatic heterocycles. The maximum atomic E-state index is 12.9. The van der Waals surface area contributed by atoms with E-state index in [4.69, 9.17) is 0 Å². The number of carbonyl (C=O) groups is 2. The summed E-state index contributed by atoms with van der Waals surface area (Å²) in [5.41, 5.74) is -0.289. The predicted molar refractivity (Wildman–Crippen MR) is 85.0 cm³/mol. The van der Waals surface area contributed by atoms with Crippen LogP contribution in [0.1, 0.15) is 45.5 Å². The second-order valence-electron chi connectivity index (χ2n) is 7.04. The van der Waals surface area contributed by atoms with Crippen LogP contribution in [0.25, 0.3) is 0 Å². The Balaban J connectivity index is 2.36. The number of nitrogens with one attached hydrogen (secondary N) is 1. The Labute approximate surface area is 130 Å². The maximum Gasteiger partial charge on any atom is 0.246 e. The van der Waals surface area contributed by atoms with E-state index in [0.29, 0.717) is 0 Å². The molecule has 0 spiro atoms. The summed E-state index contributed by atoms with van der Waals surface area (Å²) in [5, 5.41) is 4.86. The lowest BCUT2D eigenvalue weighted by molar-refractivity contribution is -0.150. The van der Waals surface area contributed by atoms with Crippen molar-refractivity contribution in [1.29, 1.82) is 0 Å². The summed E-state index contributed by atoms with van der Waals surface area (Å²) in [5.74, 6) is 0.213. The van der Waals surface area contributed by atoms with Crippen molar-refractivity contribution < 1.29 is 9.59 Å². The van der Waals surface area contributed by atoms with Crippen molar-refractivity contribution in [2.24, 2.45) is 11.3 Å². The van der Waals surface area contributed by atoms with E-state index in [9.17, 15) is 9.59 Å². The summed E-state index contributed by atoms with van der Waals surface area (Å²) in [6, 6.07) is 3.54. The standard InChI is InChI=1S/C16H24N2O2S/c1-10(2)13(11-7-6-8-21-11)18-9-12(19)17-14(15(18)20)16(3,4)5/h6-8,10,13-14H,9H2,1-5H3,(H,17,19). The minimum Gasteiger partial charge on any atom is -0.342 e. The van der Waals surface area contributed by atoms with E-state index < -0.39 is 6.04 Å². The lowest BCUT2D eigenvalue weighted by atomic mass is 9.84. The molecule has 1 fully saturated rings. The van der Waals surface area contributed by atoms with E-state index >= 15 is 0 Å². The fourth-order valence-corrected chi connectivity index (χ4v) is 3.80. The number of nitrogens with zero attached hydrogens (tertiary/aromatic N) is 1. The van der Waals surface area contributed by atoms with Gasteiger partial charge in [0.2, 0.25) is 11.8 Å². The summed E-state index contributed by atoms with van der Waals surface area (Å²) in [6.07, 6.45) is 0. The maximum absolute atomic E-state index is 12.9. The van der Waals surface area contributed by atoms with Crippen LogP contribution in [-0.2, 0) is 9.59 Å². The van der Waals surface area contributed by atoms with Crippen LogP contribution in [0, 0.1) is 11.3 Å². The van der Waals surface area contributed by atoms with Crippen molar-refractivity contribution >= 4 is 23.2 Å². The van der Waals surface area contributed by atoms with Crippen molar-refractivity contribution in [2.45, 2.75) is 46.7 Å². The van der Waals surface area contributed by atoms with Crippen molar-refractivity contribution in [3.8, 4) is 0 Å². The van der Waals surface area contributed by atoms with Gasteiger partial charge in [-0.05, 0) is 22.8 Å². The van der Waals surface area contributed by atoms with Gasteiger partial charge >= 0.3 is 0 Å².